The second kappa shape index (κ2) is 5.36. The molecular weight excluding hydrogens is 252 g/mol. The molecule has 3 rings (SSSR count). The number of carbonyl (C=O) groups excluding carboxylic acids is 1. The van der Waals surface area contributed by atoms with Crippen LogP contribution in [0.1, 0.15) is 12.8 Å². The maximum atomic E-state index is 11.1. The number of nitrogens with one attached hydrogen (secondary N) is 1. The normalized spacial score (nSPS) is 16.3. The van der Waals surface area contributed by atoms with E-state index in [1.54, 1.807) is 4.90 Å². The van der Waals surface area contributed by atoms with Gasteiger partial charge in [-0.1, -0.05) is 18.2 Å². The Morgan fingerprint density at radius 1 is 1.25 bits per heavy atom. The van der Waals surface area contributed by atoms with Crippen LogP contribution in [0.3, 0.4) is 0 Å². The Morgan fingerprint density at radius 2 is 2.00 bits per heavy atom. The third kappa shape index (κ3) is 2.52. The van der Waals surface area contributed by atoms with Crippen molar-refractivity contribution in [3.63, 3.8) is 0 Å². The Bertz CT molecular complexity index is 615. The smallest absolute Gasteiger partial charge is 0.314 e. The third-order valence-corrected chi connectivity index (χ3v) is 3.80. The number of fused-ring (bicyclic) bond motifs is 1. The summed E-state index contributed by atoms with van der Waals surface area (Å²) in [5, 5.41) is 4.67. The SMILES string of the molecule is NC(=O)N1CCC(Nc2cccc3cccnc23)CC1. The Hall–Kier alpha value is -2.30. The molecule has 1 saturated heterocycles. The van der Waals surface area contributed by atoms with Crippen LogP contribution < -0.4 is 11.1 Å². The molecule has 5 heteroatoms. The summed E-state index contributed by atoms with van der Waals surface area (Å²) in [5.41, 5.74) is 7.35. The van der Waals surface area contributed by atoms with Crippen molar-refractivity contribution in [3.05, 3.63) is 36.5 Å². The lowest BCUT2D eigenvalue weighted by molar-refractivity contribution is 0.193. The van der Waals surface area contributed by atoms with Gasteiger partial charge in [0.15, 0.2) is 0 Å². The Labute approximate surface area is 117 Å². The topological polar surface area (TPSA) is 71.2 Å². The van der Waals surface area contributed by atoms with Crippen molar-refractivity contribution >= 4 is 22.6 Å². The minimum Gasteiger partial charge on any atom is -0.380 e. The van der Waals surface area contributed by atoms with Crippen LogP contribution in [0.15, 0.2) is 36.5 Å². The molecule has 1 aromatic carbocycles. The molecule has 3 N–H and O–H groups in total. The van der Waals surface area contributed by atoms with Gasteiger partial charge in [-0.05, 0) is 25.0 Å². The second-order valence-corrected chi connectivity index (χ2v) is 5.12. The van der Waals surface area contributed by atoms with Gasteiger partial charge in [-0.15, -0.1) is 0 Å². The fraction of sp³-hybridized carbons (Fsp3) is 0.333. The molecule has 0 radical (unpaired) electrons. The van der Waals surface area contributed by atoms with E-state index in [9.17, 15) is 4.79 Å². The number of likely N-dealkylation sites (tertiary alicyclic amines) is 1. The van der Waals surface area contributed by atoms with Crippen molar-refractivity contribution in [1.82, 2.24) is 9.88 Å². The molecule has 0 aliphatic carbocycles. The second-order valence-electron chi connectivity index (χ2n) is 5.12. The van der Waals surface area contributed by atoms with Crippen molar-refractivity contribution in [3.8, 4) is 0 Å². The number of anilines is 1. The fourth-order valence-corrected chi connectivity index (χ4v) is 2.68. The number of carbonyl (C=O) groups is 1. The summed E-state index contributed by atoms with van der Waals surface area (Å²) in [7, 11) is 0. The highest BCUT2D eigenvalue weighted by Gasteiger charge is 2.21. The predicted octanol–water partition coefficient (Wildman–Crippen LogP) is 2.19. The van der Waals surface area contributed by atoms with E-state index in [0.29, 0.717) is 19.1 Å². The number of hydrogen-bond acceptors (Lipinski definition) is 3. The maximum absolute atomic E-state index is 11.1. The van der Waals surface area contributed by atoms with Crippen LogP contribution in [0, 0.1) is 0 Å². The van der Waals surface area contributed by atoms with Crippen molar-refractivity contribution in [2.45, 2.75) is 18.9 Å². The molecule has 1 aliphatic heterocycles. The molecule has 0 saturated carbocycles. The van der Waals surface area contributed by atoms with E-state index in [0.717, 1.165) is 29.4 Å². The van der Waals surface area contributed by atoms with Gasteiger partial charge < -0.3 is 16.0 Å². The highest BCUT2D eigenvalue weighted by atomic mass is 16.2. The van der Waals surface area contributed by atoms with Gasteiger partial charge in [0.2, 0.25) is 0 Å². The zero-order valence-electron chi connectivity index (χ0n) is 11.2. The Balaban J connectivity index is 1.73. The number of primary amides is 1. The average Bonchev–Trinajstić information content (AvgIpc) is 2.48. The summed E-state index contributed by atoms with van der Waals surface area (Å²) in [6.07, 6.45) is 3.63. The molecule has 1 fully saturated rings. The third-order valence-electron chi connectivity index (χ3n) is 3.80. The van der Waals surface area contributed by atoms with Gasteiger partial charge in [0.25, 0.3) is 0 Å². The van der Waals surface area contributed by atoms with Crippen LogP contribution in [0.4, 0.5) is 10.5 Å². The monoisotopic (exact) mass is 270 g/mol. The van der Waals surface area contributed by atoms with Crippen LogP contribution in [0.25, 0.3) is 10.9 Å². The largest absolute Gasteiger partial charge is 0.380 e. The summed E-state index contributed by atoms with van der Waals surface area (Å²) < 4.78 is 0. The molecule has 2 heterocycles. The van der Waals surface area contributed by atoms with Crippen LogP contribution in [0.5, 0.6) is 0 Å². The first-order valence-corrected chi connectivity index (χ1v) is 6.89. The number of pyridine rings is 1. The van der Waals surface area contributed by atoms with Crippen molar-refractivity contribution in [2.75, 3.05) is 18.4 Å². The van der Waals surface area contributed by atoms with Crippen LogP contribution in [-0.2, 0) is 0 Å². The number of amides is 2. The summed E-state index contributed by atoms with van der Waals surface area (Å²) in [6.45, 7) is 1.43. The van der Waals surface area contributed by atoms with E-state index in [-0.39, 0.29) is 6.03 Å². The number of benzene rings is 1. The molecule has 2 aromatic rings. The summed E-state index contributed by atoms with van der Waals surface area (Å²) in [4.78, 5) is 17.2. The van der Waals surface area contributed by atoms with Crippen LogP contribution in [-0.4, -0.2) is 35.0 Å². The van der Waals surface area contributed by atoms with Crippen LogP contribution >= 0.6 is 0 Å². The minimum atomic E-state index is -0.324. The van der Waals surface area contributed by atoms with Gasteiger partial charge in [-0.25, -0.2) is 4.79 Å². The highest BCUT2D eigenvalue weighted by molar-refractivity contribution is 5.90. The van der Waals surface area contributed by atoms with Crippen molar-refractivity contribution in [2.24, 2.45) is 5.73 Å². The van der Waals surface area contributed by atoms with Gasteiger partial charge in [0, 0.05) is 30.7 Å². The summed E-state index contributed by atoms with van der Waals surface area (Å²) in [5.74, 6) is 0. The quantitative estimate of drug-likeness (QED) is 0.878. The van der Waals surface area contributed by atoms with Gasteiger partial charge in [-0.2, -0.15) is 0 Å². The molecule has 0 spiro atoms. The van der Waals surface area contributed by atoms with Gasteiger partial charge in [0.1, 0.15) is 0 Å². The molecular formula is C15H18N4O. The van der Waals surface area contributed by atoms with E-state index < -0.39 is 0 Å². The molecule has 20 heavy (non-hydrogen) atoms. The molecule has 0 unspecified atom stereocenters. The Morgan fingerprint density at radius 3 is 2.75 bits per heavy atom. The van der Waals surface area contributed by atoms with Gasteiger partial charge in [0.05, 0.1) is 11.2 Å². The number of nitrogens with zero attached hydrogens (tertiary/aromatic N) is 2. The summed E-state index contributed by atoms with van der Waals surface area (Å²) in [6, 6.07) is 10.2. The first kappa shape index (κ1) is 12.7. The number of para-hydroxylation sites is 1. The number of piperidine rings is 1. The van der Waals surface area contributed by atoms with Crippen molar-refractivity contribution < 1.29 is 4.79 Å². The number of hydrogen-bond donors (Lipinski definition) is 2. The fourth-order valence-electron chi connectivity index (χ4n) is 2.68. The van der Waals surface area contributed by atoms with E-state index in [2.05, 4.69) is 28.5 Å². The molecule has 0 atom stereocenters. The average molecular weight is 270 g/mol. The van der Waals surface area contributed by atoms with E-state index in [1.165, 1.54) is 0 Å². The Kier molecular flexibility index (Phi) is 3.41. The first-order chi connectivity index (χ1) is 9.74. The molecule has 5 nitrogen and oxygen atoms in total. The molecule has 1 aromatic heterocycles. The number of nitrogens with two attached hydrogens (primary N) is 1. The lowest BCUT2D eigenvalue weighted by Crippen LogP contribution is -2.44. The number of rotatable bonds is 2. The minimum absolute atomic E-state index is 0.324. The lowest BCUT2D eigenvalue weighted by atomic mass is 10.0. The standard InChI is InChI=1S/C15H18N4O/c16-15(20)19-9-6-12(7-10-19)18-13-5-1-3-11-4-2-8-17-14(11)13/h1-5,8,12,18H,6-7,9-10H2,(H2,16,20). The van der Waals surface area contributed by atoms with Crippen molar-refractivity contribution in [1.29, 1.82) is 0 Å². The number of urea groups is 1. The number of aromatic nitrogens is 1. The zero-order valence-corrected chi connectivity index (χ0v) is 11.2. The van der Waals surface area contributed by atoms with E-state index in [4.69, 9.17) is 5.73 Å². The lowest BCUT2D eigenvalue weighted by Gasteiger charge is -2.31. The van der Waals surface area contributed by atoms with Gasteiger partial charge >= 0.3 is 6.03 Å². The molecule has 0 bridgehead atoms. The van der Waals surface area contributed by atoms with E-state index in [1.807, 2.05) is 18.3 Å². The van der Waals surface area contributed by atoms with Gasteiger partial charge in [-0.3, -0.25) is 4.98 Å². The highest BCUT2D eigenvalue weighted by Crippen LogP contribution is 2.23. The summed E-state index contributed by atoms with van der Waals surface area (Å²) >= 11 is 0. The van der Waals surface area contributed by atoms with E-state index >= 15 is 0 Å². The first-order valence-electron chi connectivity index (χ1n) is 6.89. The zero-order chi connectivity index (χ0) is 13.9. The maximum Gasteiger partial charge on any atom is 0.314 e. The van der Waals surface area contributed by atoms with Crippen LogP contribution in [0.2, 0.25) is 0 Å². The molecule has 104 valence electrons. The predicted molar refractivity (Wildman–Crippen MR) is 79.5 cm³/mol. The molecule has 2 amide bonds. The molecule has 1 aliphatic rings.